The van der Waals surface area contributed by atoms with Crippen molar-refractivity contribution >= 4 is 29.4 Å². The zero-order valence-electron chi connectivity index (χ0n) is 17.2. The molecule has 3 aliphatic rings. The van der Waals surface area contributed by atoms with Crippen LogP contribution in [0, 0.1) is 23.7 Å². The Morgan fingerprint density at radius 1 is 1.17 bits per heavy atom. The van der Waals surface area contributed by atoms with Gasteiger partial charge in [-0.25, -0.2) is 0 Å². The number of nitrogens with one attached hydrogen (secondary N) is 2. The minimum absolute atomic E-state index is 0.0171. The van der Waals surface area contributed by atoms with Crippen molar-refractivity contribution in [2.75, 3.05) is 26.7 Å². The number of amides is 2. The number of nitrogens with zero attached hydrogens (tertiary/aromatic N) is 2. The molecule has 160 valence electrons. The number of hydrogen-bond acceptors (Lipinski definition) is 4. The number of benzene rings is 1. The van der Waals surface area contributed by atoms with E-state index in [1.54, 1.807) is 19.2 Å². The summed E-state index contributed by atoms with van der Waals surface area (Å²) in [6.07, 6.45) is 5.08. The molecule has 4 rings (SSSR count). The van der Waals surface area contributed by atoms with Crippen molar-refractivity contribution in [1.82, 2.24) is 15.5 Å². The number of ether oxygens (including phenoxy) is 1. The molecule has 30 heavy (non-hydrogen) atoms. The largest absolute Gasteiger partial charge is 0.489 e. The van der Waals surface area contributed by atoms with Crippen molar-refractivity contribution < 1.29 is 14.3 Å². The Hall–Kier alpha value is -2.54. The van der Waals surface area contributed by atoms with E-state index in [9.17, 15) is 9.59 Å². The maximum absolute atomic E-state index is 12.7. The molecule has 1 heterocycles. The Balaban J connectivity index is 1.21. The highest BCUT2D eigenvalue weighted by molar-refractivity contribution is 6.30. The number of allylic oxidation sites excluding steroid dienone is 2. The Kier molecular flexibility index (Phi) is 5.99. The standard InChI is InChI=1S/C22H27ClN4O3/c1-13(30-17-7-5-16(23)6-8-17)12-26-22(24-2)25-9-10-27-20(28)18-14-3-4-15(11-14)19(18)21(27)29/h3-8,13-15,18-19H,9-12H2,1-2H3,(H2,24,25,26). The summed E-state index contributed by atoms with van der Waals surface area (Å²) in [4.78, 5) is 31.0. The van der Waals surface area contributed by atoms with Gasteiger partial charge in [0.25, 0.3) is 0 Å². The lowest BCUT2D eigenvalue weighted by Crippen LogP contribution is -2.45. The van der Waals surface area contributed by atoms with Gasteiger partial charge in [0.1, 0.15) is 11.9 Å². The Labute approximate surface area is 181 Å². The maximum atomic E-state index is 12.7. The zero-order valence-corrected chi connectivity index (χ0v) is 17.9. The van der Waals surface area contributed by atoms with Crippen LogP contribution >= 0.6 is 11.6 Å². The molecular weight excluding hydrogens is 404 g/mol. The number of fused-ring (bicyclic) bond motifs is 5. The van der Waals surface area contributed by atoms with E-state index >= 15 is 0 Å². The number of aliphatic imine (C=N–C) groups is 1. The number of hydrogen-bond donors (Lipinski definition) is 2. The highest BCUT2D eigenvalue weighted by atomic mass is 35.5. The smallest absolute Gasteiger partial charge is 0.233 e. The third-order valence-corrected chi connectivity index (χ3v) is 6.37. The van der Waals surface area contributed by atoms with Crippen molar-refractivity contribution in [3.8, 4) is 5.75 Å². The minimum Gasteiger partial charge on any atom is -0.489 e. The lowest BCUT2D eigenvalue weighted by atomic mass is 9.85. The normalized spacial score (nSPS) is 28.1. The fourth-order valence-corrected chi connectivity index (χ4v) is 4.84. The summed E-state index contributed by atoms with van der Waals surface area (Å²) in [5.74, 6) is 1.51. The van der Waals surface area contributed by atoms with Gasteiger partial charge >= 0.3 is 0 Å². The average molecular weight is 431 g/mol. The van der Waals surface area contributed by atoms with Crippen LogP contribution in [0.1, 0.15) is 13.3 Å². The van der Waals surface area contributed by atoms with Crippen LogP contribution in [-0.4, -0.2) is 55.5 Å². The van der Waals surface area contributed by atoms with Crippen molar-refractivity contribution in [1.29, 1.82) is 0 Å². The molecular formula is C22H27ClN4O3. The van der Waals surface area contributed by atoms with E-state index in [1.807, 2.05) is 19.1 Å². The van der Waals surface area contributed by atoms with E-state index < -0.39 is 0 Å². The fraction of sp³-hybridized carbons (Fsp3) is 0.500. The van der Waals surface area contributed by atoms with Gasteiger partial charge in [-0.3, -0.25) is 19.5 Å². The van der Waals surface area contributed by atoms with Crippen LogP contribution < -0.4 is 15.4 Å². The number of carbonyl (C=O) groups is 2. The van der Waals surface area contributed by atoms with Crippen molar-refractivity contribution in [3.05, 3.63) is 41.4 Å². The van der Waals surface area contributed by atoms with Crippen LogP contribution in [0.15, 0.2) is 41.4 Å². The van der Waals surface area contributed by atoms with Gasteiger partial charge in [0, 0.05) is 25.2 Å². The summed E-state index contributed by atoms with van der Waals surface area (Å²) in [5.41, 5.74) is 0. The molecule has 2 N–H and O–H groups in total. The van der Waals surface area contributed by atoms with Gasteiger partial charge in [-0.05, 0) is 49.4 Å². The molecule has 5 unspecified atom stereocenters. The lowest BCUT2D eigenvalue weighted by Gasteiger charge is -2.20. The quantitative estimate of drug-likeness (QED) is 0.299. The van der Waals surface area contributed by atoms with Gasteiger partial charge in [0.05, 0.1) is 18.4 Å². The zero-order chi connectivity index (χ0) is 21.3. The van der Waals surface area contributed by atoms with E-state index in [-0.39, 0.29) is 41.6 Å². The topological polar surface area (TPSA) is 83.0 Å². The van der Waals surface area contributed by atoms with Gasteiger partial charge in [0.2, 0.25) is 11.8 Å². The van der Waals surface area contributed by atoms with Gasteiger partial charge < -0.3 is 15.4 Å². The number of halogens is 1. The van der Waals surface area contributed by atoms with Crippen LogP contribution in [0.2, 0.25) is 5.02 Å². The molecule has 1 aromatic rings. The van der Waals surface area contributed by atoms with Gasteiger partial charge in [-0.2, -0.15) is 0 Å². The number of rotatable bonds is 7. The molecule has 0 aromatic heterocycles. The molecule has 2 fully saturated rings. The molecule has 1 aliphatic heterocycles. The molecule has 8 heteroatoms. The molecule has 0 spiro atoms. The van der Waals surface area contributed by atoms with Gasteiger partial charge in [-0.1, -0.05) is 23.8 Å². The van der Waals surface area contributed by atoms with E-state index in [0.29, 0.717) is 30.6 Å². The van der Waals surface area contributed by atoms with Crippen LogP contribution in [0.25, 0.3) is 0 Å². The summed E-state index contributed by atoms with van der Waals surface area (Å²) in [5, 5.41) is 7.04. The Bertz CT molecular complexity index is 840. The summed E-state index contributed by atoms with van der Waals surface area (Å²) in [6.45, 7) is 3.30. The third kappa shape index (κ3) is 4.03. The van der Waals surface area contributed by atoms with Gasteiger partial charge in [-0.15, -0.1) is 0 Å². The summed E-state index contributed by atoms with van der Waals surface area (Å²) < 4.78 is 5.84. The van der Waals surface area contributed by atoms with Crippen molar-refractivity contribution in [3.63, 3.8) is 0 Å². The Morgan fingerprint density at radius 3 is 2.40 bits per heavy atom. The van der Waals surface area contributed by atoms with E-state index in [0.717, 1.165) is 12.2 Å². The van der Waals surface area contributed by atoms with Gasteiger partial charge in [0.15, 0.2) is 5.96 Å². The first-order valence-electron chi connectivity index (χ1n) is 10.4. The summed E-state index contributed by atoms with van der Waals surface area (Å²) in [7, 11) is 1.68. The lowest BCUT2D eigenvalue weighted by molar-refractivity contribution is -0.140. The second-order valence-electron chi connectivity index (χ2n) is 8.09. The molecule has 5 atom stereocenters. The number of guanidine groups is 1. The molecule has 2 amide bonds. The predicted octanol–water partition coefficient (Wildman–Crippen LogP) is 2.08. The monoisotopic (exact) mass is 430 g/mol. The predicted molar refractivity (Wildman–Crippen MR) is 115 cm³/mol. The summed E-state index contributed by atoms with van der Waals surface area (Å²) in [6, 6.07) is 7.22. The molecule has 1 aromatic carbocycles. The second kappa shape index (κ2) is 8.68. The minimum atomic E-state index is -0.143. The van der Waals surface area contributed by atoms with Crippen molar-refractivity contribution in [2.24, 2.45) is 28.7 Å². The Morgan fingerprint density at radius 2 is 1.80 bits per heavy atom. The highest BCUT2D eigenvalue weighted by Crippen LogP contribution is 2.52. The SMILES string of the molecule is CN=C(NCCN1C(=O)C2C3C=CC(C3)C2C1=O)NCC(C)Oc1ccc(Cl)cc1. The number of carbonyl (C=O) groups excluding carboxylic acids is 2. The van der Waals surface area contributed by atoms with E-state index in [1.165, 1.54) is 4.90 Å². The first-order chi connectivity index (χ1) is 14.5. The molecule has 1 saturated heterocycles. The summed E-state index contributed by atoms with van der Waals surface area (Å²) >= 11 is 5.89. The number of likely N-dealkylation sites (tertiary alicyclic amines) is 1. The highest BCUT2D eigenvalue weighted by Gasteiger charge is 2.58. The first-order valence-corrected chi connectivity index (χ1v) is 10.8. The van der Waals surface area contributed by atoms with E-state index in [4.69, 9.17) is 16.3 Å². The van der Waals surface area contributed by atoms with Crippen LogP contribution in [-0.2, 0) is 9.59 Å². The van der Waals surface area contributed by atoms with Crippen LogP contribution in [0.5, 0.6) is 5.75 Å². The average Bonchev–Trinajstić information content (AvgIpc) is 3.41. The third-order valence-electron chi connectivity index (χ3n) is 6.12. The molecule has 1 saturated carbocycles. The maximum Gasteiger partial charge on any atom is 0.233 e. The fourth-order valence-electron chi connectivity index (χ4n) is 4.72. The molecule has 2 bridgehead atoms. The van der Waals surface area contributed by atoms with Crippen LogP contribution in [0.3, 0.4) is 0 Å². The first kappa shape index (κ1) is 20.7. The number of imide groups is 1. The second-order valence-corrected chi connectivity index (χ2v) is 8.53. The molecule has 2 aliphatic carbocycles. The van der Waals surface area contributed by atoms with E-state index in [2.05, 4.69) is 27.8 Å². The molecule has 0 radical (unpaired) electrons. The molecule has 7 nitrogen and oxygen atoms in total. The van der Waals surface area contributed by atoms with Crippen molar-refractivity contribution in [2.45, 2.75) is 19.4 Å². The van der Waals surface area contributed by atoms with Crippen LogP contribution in [0.4, 0.5) is 0 Å².